The summed E-state index contributed by atoms with van der Waals surface area (Å²) in [7, 11) is 0. The zero-order valence-electron chi connectivity index (χ0n) is 2.15. The summed E-state index contributed by atoms with van der Waals surface area (Å²) in [5.41, 5.74) is 0. The first kappa shape index (κ1) is 95.3. The van der Waals surface area contributed by atoms with E-state index < -0.39 is 0 Å². The summed E-state index contributed by atoms with van der Waals surface area (Å²) in [5, 5.41) is 0. The van der Waals surface area contributed by atoms with Crippen molar-refractivity contribution in [2.45, 2.75) is 0 Å². The van der Waals surface area contributed by atoms with E-state index in [9.17, 15) is 0 Å². The molecule has 0 aromatic heterocycles. The van der Waals surface area contributed by atoms with Crippen LogP contribution in [0, 0.1) is 0 Å². The fourth-order valence-corrected chi connectivity index (χ4v) is 0. The van der Waals surface area contributed by atoms with Crippen molar-refractivity contribution < 1.29 is 27.9 Å². The van der Waals surface area contributed by atoms with Gasteiger partial charge < -0.3 is 11.6 Å². The second kappa shape index (κ2) is 41.7. The maximum Gasteiger partial charge on any atom is 0 e. The predicted octanol–water partition coefficient (Wildman–Crippen LogP) is -1.05. The van der Waals surface area contributed by atoms with Crippen molar-refractivity contribution >= 4 is 11.0 Å². The molecule has 5 N–H and O–H groups in total. The molecule has 0 saturated carbocycles. The first-order chi connectivity index (χ1) is 0. The van der Waals surface area contributed by atoms with Crippen LogP contribution >= 0.6 is 0 Å². The van der Waals surface area contributed by atoms with Crippen LogP contribution in [0.25, 0.3) is 0 Å². The summed E-state index contributed by atoms with van der Waals surface area (Å²) in [5.74, 6) is 0. The first-order valence-corrected chi connectivity index (χ1v) is 0. The minimum absolute atomic E-state index is 0. The van der Waals surface area contributed by atoms with Gasteiger partial charge in [-0.25, -0.2) is 0 Å². The number of hydrogen-bond acceptors (Lipinski definition) is 1. The standard InChI is InChI=1S/H3N.H2O.Si.Ta/h1H3;1H2;;. The van der Waals surface area contributed by atoms with Gasteiger partial charge in [0.1, 0.15) is 0 Å². The minimum atomic E-state index is 0. The van der Waals surface area contributed by atoms with E-state index in [2.05, 4.69) is 0 Å². The Balaban J connectivity index is 0. The van der Waals surface area contributed by atoms with Gasteiger partial charge in [-0.2, -0.15) is 0 Å². The SMILES string of the molecule is N.O.[Si].[Ta]. The molecule has 0 aliphatic rings. The smallest absolute Gasteiger partial charge is 0 e. The van der Waals surface area contributed by atoms with E-state index in [1.54, 1.807) is 0 Å². The second-order valence-corrected chi connectivity index (χ2v) is 0. The quantitative estimate of drug-likeness (QED) is 0.543. The second-order valence-electron chi connectivity index (χ2n) is 0. The monoisotopic (exact) mass is 244 g/mol. The van der Waals surface area contributed by atoms with Crippen LogP contribution in [0.2, 0.25) is 0 Å². The summed E-state index contributed by atoms with van der Waals surface area (Å²) in [6.45, 7) is 0. The van der Waals surface area contributed by atoms with E-state index in [4.69, 9.17) is 0 Å². The van der Waals surface area contributed by atoms with E-state index in [0.29, 0.717) is 0 Å². The van der Waals surface area contributed by atoms with E-state index >= 15 is 0 Å². The van der Waals surface area contributed by atoms with Gasteiger partial charge in [0, 0.05) is 33.3 Å². The van der Waals surface area contributed by atoms with Crippen molar-refractivity contribution in [3.05, 3.63) is 0 Å². The molecule has 5 radical (unpaired) electrons. The Hall–Kier alpha value is 0.877. The molecule has 0 fully saturated rings. The summed E-state index contributed by atoms with van der Waals surface area (Å²) in [6.07, 6.45) is 0. The van der Waals surface area contributed by atoms with Crippen LogP contribution in [0.3, 0.4) is 0 Å². The van der Waals surface area contributed by atoms with Crippen LogP contribution in [-0.2, 0) is 22.4 Å². The van der Waals surface area contributed by atoms with Gasteiger partial charge in [-0.3, -0.25) is 0 Å². The van der Waals surface area contributed by atoms with E-state index in [1.165, 1.54) is 0 Å². The Kier molecular flexibility index (Phi) is 994. The summed E-state index contributed by atoms with van der Waals surface area (Å²) in [4.78, 5) is 0. The first-order valence-electron chi connectivity index (χ1n) is 0. The molecule has 0 aromatic rings. The van der Waals surface area contributed by atoms with Gasteiger partial charge in [-0.1, -0.05) is 0 Å². The van der Waals surface area contributed by atoms with Gasteiger partial charge in [0.25, 0.3) is 0 Å². The van der Waals surface area contributed by atoms with Crippen LogP contribution in [-0.4, -0.2) is 16.4 Å². The summed E-state index contributed by atoms with van der Waals surface area (Å²) >= 11 is 0. The molecule has 4 heavy (non-hydrogen) atoms. The molecule has 0 rings (SSSR count). The molecule has 0 aliphatic carbocycles. The fourth-order valence-electron chi connectivity index (χ4n) is 0. The van der Waals surface area contributed by atoms with Gasteiger partial charge in [-0.05, 0) is 0 Å². The average Bonchev–Trinajstić information content (AvgIpc) is 0. The maximum atomic E-state index is 0. The molecule has 0 aliphatic heterocycles. The van der Waals surface area contributed by atoms with Crippen molar-refractivity contribution in [2.24, 2.45) is 0 Å². The van der Waals surface area contributed by atoms with Crippen molar-refractivity contribution in [3.8, 4) is 0 Å². The average molecular weight is 244 g/mol. The number of rotatable bonds is 0. The molecule has 4 heteroatoms. The molecule has 0 atom stereocenters. The van der Waals surface area contributed by atoms with Gasteiger partial charge in [0.15, 0.2) is 0 Å². The van der Waals surface area contributed by atoms with Gasteiger partial charge >= 0.3 is 0 Å². The topological polar surface area (TPSA) is 66.5 Å². The molecular weight excluding hydrogens is 239 g/mol. The Morgan fingerprint density at radius 3 is 1.00 bits per heavy atom. The van der Waals surface area contributed by atoms with E-state index in [0.717, 1.165) is 0 Å². The molecular formula is H5NOSiTa. The fraction of sp³-hybridized carbons (Fsp3) is 0. The third-order valence-corrected chi connectivity index (χ3v) is 0. The normalized spacial score (nSPS) is 0. The Morgan fingerprint density at radius 2 is 1.00 bits per heavy atom. The molecule has 2 nitrogen and oxygen atoms in total. The molecule has 0 amide bonds. The van der Waals surface area contributed by atoms with Crippen LogP contribution in [0.15, 0.2) is 0 Å². The van der Waals surface area contributed by atoms with Crippen LogP contribution in [0.5, 0.6) is 0 Å². The van der Waals surface area contributed by atoms with Gasteiger partial charge in [0.2, 0.25) is 0 Å². The molecule has 0 bridgehead atoms. The number of hydrogen-bond donors (Lipinski definition) is 1. The zero-order valence-corrected chi connectivity index (χ0v) is 6.37. The van der Waals surface area contributed by atoms with Crippen molar-refractivity contribution in [3.63, 3.8) is 0 Å². The van der Waals surface area contributed by atoms with Crippen molar-refractivity contribution in [1.29, 1.82) is 0 Å². The Labute approximate surface area is 45.4 Å². The third kappa shape index (κ3) is 13.2. The molecule has 0 saturated heterocycles. The van der Waals surface area contributed by atoms with E-state index in [-0.39, 0.29) is 45.0 Å². The van der Waals surface area contributed by atoms with Crippen LogP contribution < -0.4 is 6.15 Å². The Morgan fingerprint density at radius 1 is 1.00 bits per heavy atom. The Bertz CT molecular complexity index is 8.00. The summed E-state index contributed by atoms with van der Waals surface area (Å²) in [6, 6.07) is 0. The molecule has 0 aromatic carbocycles. The van der Waals surface area contributed by atoms with Crippen LogP contribution in [0.4, 0.5) is 0 Å². The molecule has 0 spiro atoms. The van der Waals surface area contributed by atoms with E-state index in [1.807, 2.05) is 0 Å². The third-order valence-electron chi connectivity index (χ3n) is 0. The summed E-state index contributed by atoms with van der Waals surface area (Å²) < 4.78 is 0. The van der Waals surface area contributed by atoms with Crippen molar-refractivity contribution in [1.82, 2.24) is 6.15 Å². The predicted molar refractivity (Wildman–Crippen MR) is 14.4 cm³/mol. The van der Waals surface area contributed by atoms with Crippen molar-refractivity contribution in [2.75, 3.05) is 0 Å². The minimum Gasteiger partial charge on any atom is -0.412 e. The molecule has 25 valence electrons. The largest absolute Gasteiger partial charge is 0.412 e. The van der Waals surface area contributed by atoms with Crippen LogP contribution in [0.1, 0.15) is 0 Å². The molecule has 0 heterocycles. The zero-order chi connectivity index (χ0) is 0. The van der Waals surface area contributed by atoms with Gasteiger partial charge in [0.05, 0.1) is 0 Å². The molecule has 0 unspecified atom stereocenters. The van der Waals surface area contributed by atoms with Gasteiger partial charge in [-0.15, -0.1) is 0 Å². The maximum absolute atomic E-state index is 0.